The maximum Gasteiger partial charge on any atom is 0.141 e. The van der Waals surface area contributed by atoms with Gasteiger partial charge >= 0.3 is 0 Å². The van der Waals surface area contributed by atoms with Crippen LogP contribution in [0.3, 0.4) is 0 Å². The molecule has 1 aromatic carbocycles. The van der Waals surface area contributed by atoms with Crippen molar-refractivity contribution in [1.82, 2.24) is 5.32 Å². The first-order chi connectivity index (χ1) is 8.67. The lowest BCUT2D eigenvalue weighted by Gasteiger charge is -2.31. The highest BCUT2D eigenvalue weighted by atomic mass is 19.1. The molecule has 2 atom stereocenters. The van der Waals surface area contributed by atoms with Gasteiger partial charge in [-0.15, -0.1) is 0 Å². The van der Waals surface area contributed by atoms with E-state index >= 15 is 0 Å². The molecule has 0 spiro atoms. The number of nitriles is 1. The number of halogens is 1. The topological polar surface area (TPSA) is 45.0 Å². The highest BCUT2D eigenvalue weighted by Crippen LogP contribution is 2.27. The number of benzene rings is 1. The molecule has 1 N–H and O–H groups in total. The lowest BCUT2D eigenvalue weighted by Crippen LogP contribution is -2.42. The van der Waals surface area contributed by atoms with Crippen LogP contribution < -0.4 is 5.32 Å². The average molecular weight is 248 g/mol. The van der Waals surface area contributed by atoms with Gasteiger partial charge in [-0.1, -0.05) is 13.0 Å². The van der Waals surface area contributed by atoms with E-state index < -0.39 is 5.82 Å². The molecule has 1 fully saturated rings. The number of nitrogens with one attached hydrogen (secondary N) is 1. The van der Waals surface area contributed by atoms with Crippen LogP contribution in [0.1, 0.15) is 36.1 Å². The van der Waals surface area contributed by atoms with Crippen molar-refractivity contribution in [1.29, 1.82) is 5.26 Å². The molecule has 0 aromatic heterocycles. The number of hydrogen-bond donors (Lipinski definition) is 1. The van der Waals surface area contributed by atoms with E-state index in [1.807, 2.05) is 6.07 Å². The van der Waals surface area contributed by atoms with Crippen LogP contribution >= 0.6 is 0 Å². The highest BCUT2D eigenvalue weighted by molar-refractivity contribution is 5.44. The number of morpholine rings is 1. The molecule has 0 radical (unpaired) electrons. The minimum absolute atomic E-state index is 0.0968. The van der Waals surface area contributed by atoms with Gasteiger partial charge in [0.1, 0.15) is 11.9 Å². The summed E-state index contributed by atoms with van der Waals surface area (Å²) in [5.41, 5.74) is 1.70. The molecular weight excluding hydrogens is 231 g/mol. The zero-order chi connectivity index (χ0) is 13.1. The van der Waals surface area contributed by atoms with Gasteiger partial charge in [-0.3, -0.25) is 0 Å². The van der Waals surface area contributed by atoms with E-state index in [-0.39, 0.29) is 11.7 Å². The summed E-state index contributed by atoms with van der Waals surface area (Å²) in [7, 11) is 0. The van der Waals surface area contributed by atoms with Gasteiger partial charge in [-0.05, 0) is 30.5 Å². The Morgan fingerprint density at radius 3 is 2.89 bits per heavy atom. The molecule has 18 heavy (non-hydrogen) atoms. The molecule has 1 aromatic rings. The number of hydrogen-bond acceptors (Lipinski definition) is 3. The molecule has 1 aliphatic heterocycles. The van der Waals surface area contributed by atoms with Crippen molar-refractivity contribution in [2.45, 2.75) is 32.4 Å². The van der Waals surface area contributed by atoms with Crippen LogP contribution in [0, 0.1) is 24.1 Å². The molecule has 1 saturated heterocycles. The Bertz CT molecular complexity index is 473. The summed E-state index contributed by atoms with van der Waals surface area (Å²) >= 11 is 0. The minimum atomic E-state index is -0.464. The van der Waals surface area contributed by atoms with Crippen molar-refractivity contribution in [2.24, 2.45) is 0 Å². The molecule has 0 amide bonds. The van der Waals surface area contributed by atoms with Crippen molar-refractivity contribution < 1.29 is 9.13 Å². The highest BCUT2D eigenvalue weighted by Gasteiger charge is 2.24. The van der Waals surface area contributed by atoms with Gasteiger partial charge < -0.3 is 10.1 Å². The van der Waals surface area contributed by atoms with Crippen LogP contribution in [0.15, 0.2) is 12.1 Å². The largest absolute Gasteiger partial charge is 0.371 e. The quantitative estimate of drug-likeness (QED) is 0.874. The summed E-state index contributed by atoms with van der Waals surface area (Å²) in [4.78, 5) is 0. The fourth-order valence-electron chi connectivity index (χ4n) is 2.27. The first-order valence-corrected chi connectivity index (χ1v) is 6.21. The molecule has 1 heterocycles. The Labute approximate surface area is 107 Å². The van der Waals surface area contributed by atoms with Crippen LogP contribution in [0.2, 0.25) is 0 Å². The smallest absolute Gasteiger partial charge is 0.141 e. The Kier molecular flexibility index (Phi) is 3.95. The predicted octanol–water partition coefficient (Wildman–Crippen LogP) is 2.45. The Hall–Kier alpha value is -1.44. The average Bonchev–Trinajstić information content (AvgIpc) is 2.40. The predicted molar refractivity (Wildman–Crippen MR) is 66.6 cm³/mol. The fourth-order valence-corrected chi connectivity index (χ4v) is 2.27. The summed E-state index contributed by atoms with van der Waals surface area (Å²) < 4.78 is 19.2. The van der Waals surface area contributed by atoms with E-state index in [1.165, 1.54) is 6.07 Å². The molecule has 3 nitrogen and oxygen atoms in total. The maximum atomic E-state index is 13.4. The van der Waals surface area contributed by atoms with Crippen molar-refractivity contribution in [3.05, 3.63) is 34.6 Å². The van der Waals surface area contributed by atoms with Crippen molar-refractivity contribution in [2.75, 3.05) is 13.2 Å². The molecule has 2 rings (SSSR count). The summed E-state index contributed by atoms with van der Waals surface area (Å²) in [6.45, 7) is 5.24. The summed E-state index contributed by atoms with van der Waals surface area (Å²) in [6.07, 6.45) is 0.930. The van der Waals surface area contributed by atoms with E-state index in [2.05, 4.69) is 12.2 Å². The second-order valence-electron chi connectivity index (χ2n) is 4.58. The molecule has 0 aliphatic carbocycles. The Balaban J connectivity index is 2.23. The van der Waals surface area contributed by atoms with E-state index in [4.69, 9.17) is 10.00 Å². The van der Waals surface area contributed by atoms with Crippen LogP contribution in [0.4, 0.5) is 4.39 Å². The third-order valence-corrected chi connectivity index (χ3v) is 3.50. The van der Waals surface area contributed by atoms with Gasteiger partial charge in [0, 0.05) is 12.6 Å². The van der Waals surface area contributed by atoms with E-state index in [0.29, 0.717) is 24.8 Å². The second-order valence-corrected chi connectivity index (χ2v) is 4.58. The van der Waals surface area contributed by atoms with Gasteiger partial charge in [0.05, 0.1) is 18.3 Å². The molecule has 0 saturated carbocycles. The molecule has 1 unspecified atom stereocenters. The van der Waals surface area contributed by atoms with Crippen LogP contribution in [0.5, 0.6) is 0 Å². The standard InChI is InChI=1S/C14H17FN2O/c1-3-10-8-18-14(7-17-10)11-4-5-13(15)12(6-16)9(11)2/h4-5,10,14,17H,3,7-8H2,1-2H3/t10-,14?/m1/s1. The zero-order valence-electron chi connectivity index (χ0n) is 10.7. The van der Waals surface area contributed by atoms with Crippen LogP contribution in [-0.2, 0) is 4.74 Å². The number of ether oxygens (including phenoxy) is 1. The number of rotatable bonds is 2. The van der Waals surface area contributed by atoms with E-state index in [1.54, 1.807) is 13.0 Å². The van der Waals surface area contributed by atoms with Gasteiger partial charge in [0.25, 0.3) is 0 Å². The molecule has 0 bridgehead atoms. The third-order valence-electron chi connectivity index (χ3n) is 3.50. The normalized spacial score (nSPS) is 23.7. The van der Waals surface area contributed by atoms with Gasteiger partial charge in [-0.25, -0.2) is 4.39 Å². The number of nitrogens with zero attached hydrogens (tertiary/aromatic N) is 1. The third kappa shape index (κ3) is 2.38. The first kappa shape index (κ1) is 13.0. The Morgan fingerprint density at radius 1 is 1.56 bits per heavy atom. The molecule has 1 aliphatic rings. The fraction of sp³-hybridized carbons (Fsp3) is 0.500. The first-order valence-electron chi connectivity index (χ1n) is 6.21. The monoisotopic (exact) mass is 248 g/mol. The van der Waals surface area contributed by atoms with Crippen molar-refractivity contribution in [3.63, 3.8) is 0 Å². The molecule has 96 valence electrons. The minimum Gasteiger partial charge on any atom is -0.371 e. The lowest BCUT2D eigenvalue weighted by atomic mass is 9.97. The second kappa shape index (κ2) is 5.47. The van der Waals surface area contributed by atoms with Gasteiger partial charge in [-0.2, -0.15) is 5.26 Å². The SMILES string of the molecule is CC[C@@H]1COC(c2ccc(F)c(C#N)c2C)CN1. The maximum absolute atomic E-state index is 13.4. The summed E-state index contributed by atoms with van der Waals surface area (Å²) in [5.74, 6) is -0.464. The zero-order valence-corrected chi connectivity index (χ0v) is 10.7. The van der Waals surface area contributed by atoms with Crippen LogP contribution in [-0.4, -0.2) is 19.2 Å². The van der Waals surface area contributed by atoms with Crippen molar-refractivity contribution in [3.8, 4) is 6.07 Å². The van der Waals surface area contributed by atoms with E-state index in [0.717, 1.165) is 12.0 Å². The van der Waals surface area contributed by atoms with Gasteiger partial charge in [0.2, 0.25) is 0 Å². The van der Waals surface area contributed by atoms with Crippen LogP contribution in [0.25, 0.3) is 0 Å². The van der Waals surface area contributed by atoms with Crippen molar-refractivity contribution >= 4 is 0 Å². The molecule has 4 heteroatoms. The lowest BCUT2D eigenvalue weighted by molar-refractivity contribution is 0.00185. The summed E-state index contributed by atoms with van der Waals surface area (Å²) in [5, 5.41) is 12.4. The molecular formula is C14H17FN2O. The van der Waals surface area contributed by atoms with Gasteiger partial charge in [0.15, 0.2) is 0 Å². The van der Waals surface area contributed by atoms with E-state index in [9.17, 15) is 4.39 Å². The summed E-state index contributed by atoms with van der Waals surface area (Å²) in [6, 6.07) is 5.35. The Morgan fingerprint density at radius 2 is 2.33 bits per heavy atom.